The zero-order valence-corrected chi connectivity index (χ0v) is 10.7. The zero-order valence-electron chi connectivity index (χ0n) is 10.7. The van der Waals surface area contributed by atoms with Gasteiger partial charge in [-0.25, -0.2) is 0 Å². The molecule has 6 heteroatoms. The van der Waals surface area contributed by atoms with Gasteiger partial charge >= 0.3 is 0 Å². The minimum absolute atomic E-state index is 0.0595. The maximum absolute atomic E-state index is 11.9. The quantitative estimate of drug-likeness (QED) is 0.623. The summed E-state index contributed by atoms with van der Waals surface area (Å²) in [6.07, 6.45) is 0. The van der Waals surface area contributed by atoms with Crippen LogP contribution < -0.4 is 11.1 Å². The molecule has 18 heavy (non-hydrogen) atoms. The van der Waals surface area contributed by atoms with Gasteiger partial charge in [-0.15, -0.1) is 0 Å². The molecule has 0 fully saturated rings. The van der Waals surface area contributed by atoms with Crippen molar-refractivity contribution in [3.63, 3.8) is 0 Å². The summed E-state index contributed by atoms with van der Waals surface area (Å²) in [4.78, 5) is 22.2. The summed E-state index contributed by atoms with van der Waals surface area (Å²) in [5.74, 6) is -0.482. The van der Waals surface area contributed by atoms with Gasteiger partial charge in [0.1, 0.15) is 5.56 Å². The van der Waals surface area contributed by atoms with E-state index in [1.54, 1.807) is 26.8 Å². The molecule has 0 aliphatic carbocycles. The van der Waals surface area contributed by atoms with E-state index in [2.05, 4.69) is 5.32 Å². The van der Waals surface area contributed by atoms with Crippen LogP contribution in [0.15, 0.2) is 18.2 Å². The predicted octanol–water partition coefficient (Wildman–Crippen LogP) is 1.37. The Labute approximate surface area is 105 Å². The van der Waals surface area contributed by atoms with Crippen LogP contribution in [0.25, 0.3) is 0 Å². The third kappa shape index (κ3) is 3.81. The van der Waals surface area contributed by atoms with Gasteiger partial charge in [-0.05, 0) is 32.4 Å². The monoisotopic (exact) mass is 251 g/mol. The van der Waals surface area contributed by atoms with E-state index in [4.69, 9.17) is 5.73 Å². The number of nitrogens with two attached hydrogens (primary N) is 1. The van der Waals surface area contributed by atoms with Gasteiger partial charge in [-0.2, -0.15) is 0 Å². The Morgan fingerprint density at radius 1 is 1.50 bits per heavy atom. The van der Waals surface area contributed by atoms with Gasteiger partial charge in [-0.3, -0.25) is 14.9 Å². The van der Waals surface area contributed by atoms with E-state index in [0.717, 1.165) is 5.56 Å². The van der Waals surface area contributed by atoms with Crippen molar-refractivity contribution < 1.29 is 9.72 Å². The molecule has 0 unspecified atom stereocenters. The highest BCUT2D eigenvalue weighted by Crippen LogP contribution is 2.19. The lowest BCUT2D eigenvalue weighted by Crippen LogP contribution is -2.45. The van der Waals surface area contributed by atoms with Crippen LogP contribution in [-0.2, 0) is 0 Å². The van der Waals surface area contributed by atoms with E-state index in [1.165, 1.54) is 12.1 Å². The van der Waals surface area contributed by atoms with E-state index >= 15 is 0 Å². The molecule has 6 nitrogen and oxygen atoms in total. The van der Waals surface area contributed by atoms with Gasteiger partial charge in [0.2, 0.25) is 0 Å². The fourth-order valence-corrected chi connectivity index (χ4v) is 1.39. The number of hydrogen-bond donors (Lipinski definition) is 2. The third-order valence-electron chi connectivity index (χ3n) is 2.30. The second kappa shape index (κ2) is 5.14. The van der Waals surface area contributed by atoms with E-state index in [9.17, 15) is 14.9 Å². The molecule has 1 rings (SSSR count). The average molecular weight is 251 g/mol. The summed E-state index contributed by atoms with van der Waals surface area (Å²) in [7, 11) is 0. The number of amides is 1. The molecule has 0 radical (unpaired) electrons. The molecule has 1 amide bonds. The lowest BCUT2D eigenvalue weighted by atomic mass is 10.1. The molecule has 0 aliphatic heterocycles. The number of benzene rings is 1. The minimum Gasteiger partial charge on any atom is -0.350 e. The summed E-state index contributed by atoms with van der Waals surface area (Å²) in [6, 6.07) is 4.43. The zero-order chi connectivity index (χ0) is 13.9. The number of aryl methyl sites for hydroxylation is 1. The Kier molecular flexibility index (Phi) is 4.03. The van der Waals surface area contributed by atoms with Crippen molar-refractivity contribution in [2.24, 2.45) is 5.73 Å². The van der Waals surface area contributed by atoms with Crippen LogP contribution >= 0.6 is 0 Å². The molecule has 0 spiro atoms. The van der Waals surface area contributed by atoms with Gasteiger partial charge in [0.15, 0.2) is 0 Å². The molecular formula is C12H17N3O3. The van der Waals surface area contributed by atoms with E-state index in [0.29, 0.717) is 0 Å². The van der Waals surface area contributed by atoms with Crippen LogP contribution in [0.1, 0.15) is 29.8 Å². The second-order valence-corrected chi connectivity index (χ2v) is 4.95. The highest BCUT2D eigenvalue weighted by atomic mass is 16.6. The molecule has 1 aromatic rings. The minimum atomic E-state index is -0.568. The Morgan fingerprint density at radius 2 is 2.11 bits per heavy atom. The Morgan fingerprint density at radius 3 is 2.61 bits per heavy atom. The number of nitrogens with one attached hydrogen (secondary N) is 1. The van der Waals surface area contributed by atoms with Crippen LogP contribution in [0.2, 0.25) is 0 Å². The predicted molar refractivity (Wildman–Crippen MR) is 68.4 cm³/mol. The van der Waals surface area contributed by atoms with Crippen molar-refractivity contribution in [3.8, 4) is 0 Å². The molecule has 0 aromatic heterocycles. The van der Waals surface area contributed by atoms with Crippen molar-refractivity contribution in [1.82, 2.24) is 5.32 Å². The lowest BCUT2D eigenvalue weighted by molar-refractivity contribution is -0.385. The molecule has 3 N–H and O–H groups in total. The number of nitrogens with zero attached hydrogens (tertiary/aromatic N) is 1. The van der Waals surface area contributed by atoms with Crippen molar-refractivity contribution in [1.29, 1.82) is 0 Å². The first-order valence-electron chi connectivity index (χ1n) is 5.53. The Bertz CT molecular complexity index is 478. The summed E-state index contributed by atoms with van der Waals surface area (Å²) >= 11 is 0. The summed E-state index contributed by atoms with van der Waals surface area (Å²) in [5, 5.41) is 13.4. The van der Waals surface area contributed by atoms with Gasteiger partial charge in [0.25, 0.3) is 11.6 Å². The van der Waals surface area contributed by atoms with E-state index in [-0.39, 0.29) is 17.8 Å². The van der Waals surface area contributed by atoms with Crippen molar-refractivity contribution in [2.45, 2.75) is 26.3 Å². The SMILES string of the molecule is Cc1ccc([N+](=O)[O-])c(C(=O)NCC(C)(C)N)c1. The van der Waals surface area contributed by atoms with Crippen molar-refractivity contribution in [3.05, 3.63) is 39.4 Å². The van der Waals surface area contributed by atoms with Gasteiger partial charge in [-0.1, -0.05) is 6.07 Å². The van der Waals surface area contributed by atoms with E-state index < -0.39 is 16.4 Å². The molecule has 0 heterocycles. The standard InChI is InChI=1S/C12H17N3O3/c1-8-4-5-10(15(17)18)9(6-8)11(16)14-7-12(2,3)13/h4-6H,7,13H2,1-3H3,(H,14,16). The molecule has 0 bridgehead atoms. The molecule has 0 aliphatic rings. The van der Waals surface area contributed by atoms with Crippen molar-refractivity contribution >= 4 is 11.6 Å². The van der Waals surface area contributed by atoms with Gasteiger partial charge < -0.3 is 11.1 Å². The molecular weight excluding hydrogens is 234 g/mol. The number of hydrogen-bond acceptors (Lipinski definition) is 4. The van der Waals surface area contributed by atoms with E-state index in [1.807, 2.05) is 0 Å². The largest absolute Gasteiger partial charge is 0.350 e. The number of nitro benzene ring substituents is 1. The van der Waals surface area contributed by atoms with Crippen molar-refractivity contribution in [2.75, 3.05) is 6.54 Å². The molecule has 0 saturated carbocycles. The maximum Gasteiger partial charge on any atom is 0.282 e. The Balaban J connectivity index is 2.97. The number of carbonyl (C=O) groups is 1. The number of nitro groups is 1. The van der Waals surface area contributed by atoms with Gasteiger partial charge in [0.05, 0.1) is 4.92 Å². The first-order chi connectivity index (χ1) is 8.20. The van der Waals surface area contributed by atoms with Crippen LogP contribution in [-0.4, -0.2) is 22.9 Å². The lowest BCUT2D eigenvalue weighted by Gasteiger charge is -2.18. The van der Waals surface area contributed by atoms with Crippen LogP contribution in [0.4, 0.5) is 5.69 Å². The Hall–Kier alpha value is -1.95. The smallest absolute Gasteiger partial charge is 0.282 e. The fraction of sp³-hybridized carbons (Fsp3) is 0.417. The normalized spacial score (nSPS) is 11.1. The van der Waals surface area contributed by atoms with Gasteiger partial charge in [0, 0.05) is 18.2 Å². The summed E-state index contributed by atoms with van der Waals surface area (Å²) in [5.41, 5.74) is 5.83. The highest BCUT2D eigenvalue weighted by molar-refractivity contribution is 5.98. The first kappa shape index (κ1) is 14.1. The number of carbonyl (C=O) groups excluding carboxylic acids is 1. The molecule has 1 aromatic carbocycles. The topological polar surface area (TPSA) is 98.3 Å². The van der Waals surface area contributed by atoms with Crippen LogP contribution in [0, 0.1) is 17.0 Å². The number of rotatable bonds is 4. The first-order valence-corrected chi connectivity index (χ1v) is 5.53. The van der Waals surface area contributed by atoms with Crippen LogP contribution in [0.5, 0.6) is 0 Å². The molecule has 0 atom stereocenters. The highest BCUT2D eigenvalue weighted by Gasteiger charge is 2.21. The van der Waals surface area contributed by atoms with Crippen LogP contribution in [0.3, 0.4) is 0 Å². The summed E-state index contributed by atoms with van der Waals surface area (Å²) < 4.78 is 0. The second-order valence-electron chi connectivity index (χ2n) is 4.95. The molecule has 0 saturated heterocycles. The maximum atomic E-state index is 11.9. The average Bonchev–Trinajstić information content (AvgIpc) is 2.24. The fourth-order valence-electron chi connectivity index (χ4n) is 1.39. The third-order valence-corrected chi connectivity index (χ3v) is 2.30. The molecule has 98 valence electrons. The summed E-state index contributed by atoms with van der Waals surface area (Å²) in [6.45, 7) is 5.54.